The fourth-order valence-electron chi connectivity index (χ4n) is 2.96. The average Bonchev–Trinajstić information content (AvgIpc) is 3.00. The van der Waals surface area contributed by atoms with Crippen LogP contribution >= 0.6 is 11.6 Å². The number of imide groups is 1. The molecule has 8 nitrogen and oxygen atoms in total. The Bertz CT molecular complexity index is 1020. The average molecular weight is 444 g/mol. The number of benzene rings is 2. The molecule has 3 rings (SSSR count). The van der Waals surface area contributed by atoms with Crippen molar-refractivity contribution < 1.29 is 23.9 Å². The number of urea groups is 1. The van der Waals surface area contributed by atoms with Crippen LogP contribution in [0.25, 0.3) is 6.08 Å². The second kappa shape index (κ2) is 9.99. The van der Waals surface area contributed by atoms with Gasteiger partial charge in [-0.3, -0.25) is 14.5 Å². The van der Waals surface area contributed by atoms with Crippen LogP contribution in [0.1, 0.15) is 19.4 Å². The quantitative estimate of drug-likeness (QED) is 0.479. The first kappa shape index (κ1) is 22.2. The molecule has 0 saturated carbocycles. The van der Waals surface area contributed by atoms with Crippen LogP contribution in [-0.4, -0.2) is 42.5 Å². The van der Waals surface area contributed by atoms with Crippen molar-refractivity contribution in [2.45, 2.75) is 13.8 Å². The normalized spacial score (nSPS) is 14.5. The Morgan fingerprint density at radius 1 is 1.16 bits per heavy atom. The van der Waals surface area contributed by atoms with E-state index in [4.69, 9.17) is 21.1 Å². The second-order valence-corrected chi connectivity index (χ2v) is 6.91. The molecule has 2 aromatic rings. The van der Waals surface area contributed by atoms with E-state index < -0.39 is 11.9 Å². The standard InChI is InChI=1S/C22H22ClN3O5/c1-3-26-21(28)17(25-22(26)29)11-14-10-16(23)20(18(12-14)30-4-2)31-13-19(27)24-15-8-6-5-7-9-15/h5-12H,3-4,13H2,1-2H3,(H,24,27)(H,25,29)/b17-11+. The van der Waals surface area contributed by atoms with Gasteiger partial charge < -0.3 is 20.1 Å². The molecule has 1 aliphatic heterocycles. The summed E-state index contributed by atoms with van der Waals surface area (Å²) in [7, 11) is 0. The second-order valence-electron chi connectivity index (χ2n) is 6.50. The zero-order valence-corrected chi connectivity index (χ0v) is 17.9. The lowest BCUT2D eigenvalue weighted by Gasteiger charge is -2.14. The minimum Gasteiger partial charge on any atom is -0.490 e. The number of nitrogens with one attached hydrogen (secondary N) is 2. The summed E-state index contributed by atoms with van der Waals surface area (Å²) in [6.07, 6.45) is 1.51. The van der Waals surface area contributed by atoms with Gasteiger partial charge in [0.05, 0.1) is 11.6 Å². The highest BCUT2D eigenvalue weighted by molar-refractivity contribution is 6.32. The smallest absolute Gasteiger partial charge is 0.328 e. The van der Waals surface area contributed by atoms with Gasteiger partial charge in [-0.05, 0) is 49.8 Å². The first-order valence-electron chi connectivity index (χ1n) is 9.71. The van der Waals surface area contributed by atoms with Crippen LogP contribution in [0.4, 0.5) is 10.5 Å². The summed E-state index contributed by atoms with van der Waals surface area (Å²) in [4.78, 5) is 37.4. The summed E-state index contributed by atoms with van der Waals surface area (Å²) in [5.41, 5.74) is 1.33. The van der Waals surface area contributed by atoms with E-state index in [0.29, 0.717) is 23.6 Å². The van der Waals surface area contributed by atoms with Crippen molar-refractivity contribution in [2.24, 2.45) is 0 Å². The number of hydrogen-bond donors (Lipinski definition) is 2. The number of hydrogen-bond acceptors (Lipinski definition) is 5. The monoisotopic (exact) mass is 443 g/mol. The first-order valence-corrected chi connectivity index (χ1v) is 10.1. The summed E-state index contributed by atoms with van der Waals surface area (Å²) in [5, 5.41) is 5.46. The number of likely N-dealkylation sites (N-methyl/N-ethyl adjacent to an activating group) is 1. The molecule has 9 heteroatoms. The molecular formula is C22H22ClN3O5. The lowest BCUT2D eigenvalue weighted by atomic mass is 10.1. The van der Waals surface area contributed by atoms with Crippen molar-refractivity contribution in [2.75, 3.05) is 25.1 Å². The highest BCUT2D eigenvalue weighted by Gasteiger charge is 2.32. The molecule has 0 radical (unpaired) electrons. The van der Waals surface area contributed by atoms with Crippen molar-refractivity contribution in [1.29, 1.82) is 0 Å². The molecular weight excluding hydrogens is 422 g/mol. The number of rotatable bonds is 8. The number of nitrogens with zero attached hydrogens (tertiary/aromatic N) is 1. The van der Waals surface area contributed by atoms with Gasteiger partial charge in [-0.25, -0.2) is 4.79 Å². The van der Waals surface area contributed by atoms with Crippen LogP contribution in [-0.2, 0) is 9.59 Å². The van der Waals surface area contributed by atoms with Crippen LogP contribution in [0.15, 0.2) is 48.2 Å². The lowest BCUT2D eigenvalue weighted by Crippen LogP contribution is -2.30. The van der Waals surface area contributed by atoms with Crippen molar-refractivity contribution in [3.8, 4) is 11.5 Å². The zero-order chi connectivity index (χ0) is 22.4. The van der Waals surface area contributed by atoms with Crippen LogP contribution in [0.5, 0.6) is 11.5 Å². The predicted molar refractivity (Wildman–Crippen MR) is 117 cm³/mol. The minimum atomic E-state index is -0.473. The number of carbonyl (C=O) groups is 3. The van der Waals surface area contributed by atoms with E-state index in [1.165, 1.54) is 6.08 Å². The maximum Gasteiger partial charge on any atom is 0.328 e. The molecule has 0 spiro atoms. The van der Waals surface area contributed by atoms with E-state index in [1.54, 1.807) is 38.1 Å². The minimum absolute atomic E-state index is 0.140. The molecule has 0 unspecified atom stereocenters. The van der Waals surface area contributed by atoms with Gasteiger partial charge in [0.2, 0.25) is 0 Å². The Kier molecular flexibility index (Phi) is 7.15. The molecule has 4 amide bonds. The van der Waals surface area contributed by atoms with Crippen LogP contribution < -0.4 is 20.1 Å². The summed E-state index contributed by atoms with van der Waals surface area (Å²) in [5.74, 6) is -0.237. The Morgan fingerprint density at radius 2 is 1.90 bits per heavy atom. The van der Waals surface area contributed by atoms with Crippen molar-refractivity contribution in [3.63, 3.8) is 0 Å². The Labute approximate surface area is 184 Å². The van der Waals surface area contributed by atoms with E-state index in [0.717, 1.165) is 4.90 Å². The maximum absolute atomic E-state index is 12.3. The van der Waals surface area contributed by atoms with Gasteiger partial charge in [0.15, 0.2) is 18.1 Å². The topological polar surface area (TPSA) is 97.0 Å². The number of halogens is 1. The van der Waals surface area contributed by atoms with Crippen molar-refractivity contribution in [3.05, 3.63) is 58.7 Å². The molecule has 1 fully saturated rings. The Balaban J connectivity index is 1.77. The van der Waals surface area contributed by atoms with E-state index >= 15 is 0 Å². The molecule has 0 aromatic heterocycles. The van der Waals surface area contributed by atoms with Gasteiger partial charge in [-0.2, -0.15) is 0 Å². The predicted octanol–water partition coefficient (Wildman–Crippen LogP) is 3.67. The molecule has 31 heavy (non-hydrogen) atoms. The van der Waals surface area contributed by atoms with Gasteiger partial charge in [0.1, 0.15) is 5.70 Å². The highest BCUT2D eigenvalue weighted by atomic mass is 35.5. The Hall–Kier alpha value is -3.52. The number of amides is 4. The summed E-state index contributed by atoms with van der Waals surface area (Å²) in [6, 6.07) is 11.7. The van der Waals surface area contributed by atoms with Crippen LogP contribution in [0, 0.1) is 0 Å². The number of para-hydroxylation sites is 1. The molecule has 2 N–H and O–H groups in total. The fourth-order valence-corrected chi connectivity index (χ4v) is 3.23. The maximum atomic E-state index is 12.3. The van der Waals surface area contributed by atoms with Crippen molar-refractivity contribution >= 4 is 41.2 Å². The van der Waals surface area contributed by atoms with Crippen LogP contribution in [0.2, 0.25) is 5.02 Å². The van der Waals surface area contributed by atoms with Gasteiger partial charge in [0, 0.05) is 12.2 Å². The number of anilines is 1. The van der Waals surface area contributed by atoms with E-state index in [9.17, 15) is 14.4 Å². The highest BCUT2D eigenvalue weighted by Crippen LogP contribution is 2.37. The molecule has 1 aliphatic rings. The molecule has 0 atom stereocenters. The fraction of sp³-hybridized carbons (Fsp3) is 0.227. The number of carbonyl (C=O) groups excluding carboxylic acids is 3. The summed E-state index contributed by atoms with van der Waals surface area (Å²) < 4.78 is 11.2. The van der Waals surface area contributed by atoms with Crippen molar-refractivity contribution in [1.82, 2.24) is 10.2 Å². The largest absolute Gasteiger partial charge is 0.490 e. The van der Waals surface area contributed by atoms with Gasteiger partial charge in [-0.15, -0.1) is 0 Å². The molecule has 0 bridgehead atoms. The first-order chi connectivity index (χ1) is 14.9. The van der Waals surface area contributed by atoms with Gasteiger partial charge in [0.25, 0.3) is 11.8 Å². The Morgan fingerprint density at radius 3 is 2.55 bits per heavy atom. The molecule has 162 valence electrons. The molecule has 0 aliphatic carbocycles. The zero-order valence-electron chi connectivity index (χ0n) is 17.1. The van der Waals surface area contributed by atoms with Gasteiger partial charge in [-0.1, -0.05) is 29.8 Å². The molecule has 1 heterocycles. The third-order valence-electron chi connectivity index (χ3n) is 4.33. The van der Waals surface area contributed by atoms with E-state index in [-0.39, 0.29) is 35.5 Å². The van der Waals surface area contributed by atoms with E-state index in [1.807, 2.05) is 18.2 Å². The third-order valence-corrected chi connectivity index (χ3v) is 4.61. The SMILES string of the molecule is CCOc1cc(/C=C2/NC(=O)N(CC)C2=O)cc(Cl)c1OCC(=O)Nc1ccccc1. The molecule has 1 saturated heterocycles. The lowest BCUT2D eigenvalue weighted by molar-refractivity contribution is -0.122. The number of ether oxygens (including phenoxy) is 2. The van der Waals surface area contributed by atoms with Gasteiger partial charge >= 0.3 is 6.03 Å². The van der Waals surface area contributed by atoms with E-state index in [2.05, 4.69) is 10.6 Å². The molecule has 2 aromatic carbocycles. The van der Waals surface area contributed by atoms with Crippen LogP contribution in [0.3, 0.4) is 0 Å². The summed E-state index contributed by atoms with van der Waals surface area (Å²) in [6.45, 7) is 3.84. The summed E-state index contributed by atoms with van der Waals surface area (Å²) >= 11 is 6.37. The third kappa shape index (κ3) is 5.35.